The third-order valence-electron chi connectivity index (χ3n) is 4.84. The van der Waals surface area contributed by atoms with Crippen molar-refractivity contribution in [3.8, 4) is 28.3 Å². The van der Waals surface area contributed by atoms with Crippen molar-refractivity contribution < 1.29 is 0 Å². The minimum Gasteiger partial charge on any atom is -0.238 e. The number of nitrogens with zero attached hydrogens (tertiary/aromatic N) is 2. The highest BCUT2D eigenvalue weighted by Crippen LogP contribution is 2.31. The monoisotopic (exact) mass is 434 g/mol. The summed E-state index contributed by atoms with van der Waals surface area (Å²) in [5.41, 5.74) is 5.90. The lowest BCUT2D eigenvalue weighted by molar-refractivity contribution is 1.44. The van der Waals surface area contributed by atoms with Gasteiger partial charge < -0.3 is 0 Å². The van der Waals surface area contributed by atoms with Gasteiger partial charge in [-0.15, -0.1) is 23.5 Å². The van der Waals surface area contributed by atoms with E-state index in [1.807, 2.05) is 72.1 Å². The fourth-order valence-electron chi connectivity index (χ4n) is 3.12. The quantitative estimate of drug-likeness (QED) is 0.174. The summed E-state index contributed by atoms with van der Waals surface area (Å²) in [6.45, 7) is 7.05. The molecule has 0 bridgehead atoms. The van der Waals surface area contributed by atoms with E-state index in [1.54, 1.807) is 0 Å². The van der Waals surface area contributed by atoms with Crippen LogP contribution in [0.15, 0.2) is 107 Å². The van der Waals surface area contributed by atoms with Crippen molar-refractivity contribution in [1.29, 1.82) is 5.26 Å². The number of hydrogen-bond donors (Lipinski definition) is 0. The lowest BCUT2D eigenvalue weighted by atomic mass is 10.0. The Bertz CT molecular complexity index is 1130. The fraction of sp³-hybridized carbons (Fsp3) is 0.0370. The smallest absolute Gasteiger partial charge is 0.187 e. The van der Waals surface area contributed by atoms with Crippen LogP contribution < -0.4 is 0 Å². The van der Waals surface area contributed by atoms with Crippen LogP contribution in [0.3, 0.4) is 0 Å². The number of hydrogen-bond acceptors (Lipinski definition) is 3. The Hall–Kier alpha value is -3.44. The van der Waals surface area contributed by atoms with E-state index < -0.39 is 0 Å². The maximum Gasteiger partial charge on any atom is 0.187 e. The summed E-state index contributed by atoms with van der Waals surface area (Å²) in [6.07, 6.45) is 0. The number of benzene rings is 4. The van der Waals surface area contributed by atoms with Crippen LogP contribution in [0.5, 0.6) is 0 Å². The van der Waals surface area contributed by atoms with Crippen LogP contribution in [0.25, 0.3) is 27.1 Å². The molecule has 4 aromatic rings. The second-order valence-electron chi connectivity index (χ2n) is 6.80. The SMILES string of the molecule is [C-]#[N+]c1ccc(-c2ccc(SCSc3ccc(-c4ccc(C#N)cc4)cc3)cc2)cc1. The molecular weight excluding hydrogens is 416 g/mol. The Labute approximate surface area is 191 Å². The van der Waals surface area contributed by atoms with E-state index in [0.29, 0.717) is 11.3 Å². The molecule has 4 aromatic carbocycles. The Morgan fingerprint density at radius 1 is 0.613 bits per heavy atom. The molecular formula is C27H18N2S2. The molecule has 0 aliphatic heterocycles. The number of thioether (sulfide) groups is 2. The molecule has 0 aliphatic carbocycles. The number of nitriles is 1. The van der Waals surface area contributed by atoms with Gasteiger partial charge in [0, 0.05) is 14.9 Å². The summed E-state index contributed by atoms with van der Waals surface area (Å²) in [5, 5.41) is 9.86. The second-order valence-corrected chi connectivity index (χ2v) is 9.27. The largest absolute Gasteiger partial charge is 0.238 e. The van der Waals surface area contributed by atoms with Gasteiger partial charge in [0.15, 0.2) is 5.69 Å². The van der Waals surface area contributed by atoms with Crippen molar-refractivity contribution in [3.63, 3.8) is 0 Å². The van der Waals surface area contributed by atoms with Crippen LogP contribution in [0.2, 0.25) is 0 Å². The zero-order valence-corrected chi connectivity index (χ0v) is 18.3. The predicted octanol–water partition coefficient (Wildman–Crippen LogP) is 8.28. The van der Waals surface area contributed by atoms with E-state index in [4.69, 9.17) is 11.8 Å². The van der Waals surface area contributed by atoms with E-state index >= 15 is 0 Å². The van der Waals surface area contributed by atoms with E-state index in [1.165, 1.54) is 9.79 Å². The van der Waals surface area contributed by atoms with Crippen LogP contribution in [-0.2, 0) is 0 Å². The van der Waals surface area contributed by atoms with E-state index in [-0.39, 0.29) is 0 Å². The first-order valence-corrected chi connectivity index (χ1v) is 11.7. The summed E-state index contributed by atoms with van der Waals surface area (Å²) >= 11 is 3.64. The van der Waals surface area contributed by atoms with Gasteiger partial charge in [-0.3, -0.25) is 0 Å². The zero-order valence-electron chi connectivity index (χ0n) is 16.7. The van der Waals surface area contributed by atoms with Gasteiger partial charge in [0.25, 0.3) is 0 Å². The molecule has 0 atom stereocenters. The molecule has 0 spiro atoms. The van der Waals surface area contributed by atoms with Gasteiger partial charge in [-0.05, 0) is 58.7 Å². The van der Waals surface area contributed by atoms with Crippen molar-refractivity contribution >= 4 is 29.2 Å². The van der Waals surface area contributed by atoms with E-state index in [0.717, 1.165) is 27.3 Å². The minimum atomic E-state index is 0.665. The molecule has 4 rings (SSSR count). The maximum absolute atomic E-state index is 8.92. The molecule has 0 saturated carbocycles. The van der Waals surface area contributed by atoms with Crippen LogP contribution in [0.1, 0.15) is 5.56 Å². The standard InChI is InChI=1S/C27H18N2S2/c1-29-25-12-6-22(7-13-25)24-10-16-27(17-11-24)31-19-30-26-14-8-23(9-15-26)21-4-2-20(18-28)3-5-21/h2-17H,19H2. The molecule has 0 saturated heterocycles. The van der Waals surface area contributed by atoms with Crippen LogP contribution in [0.4, 0.5) is 5.69 Å². The van der Waals surface area contributed by atoms with Crippen molar-refractivity contribution in [2.24, 2.45) is 0 Å². The van der Waals surface area contributed by atoms with Crippen molar-refractivity contribution in [3.05, 3.63) is 114 Å². The van der Waals surface area contributed by atoms with Crippen LogP contribution in [0, 0.1) is 17.9 Å². The lowest BCUT2D eigenvalue weighted by Crippen LogP contribution is -1.81. The van der Waals surface area contributed by atoms with Crippen LogP contribution >= 0.6 is 23.5 Å². The predicted molar refractivity (Wildman–Crippen MR) is 131 cm³/mol. The normalized spacial score (nSPS) is 10.3. The average molecular weight is 435 g/mol. The molecule has 148 valence electrons. The molecule has 4 heteroatoms. The molecule has 0 N–H and O–H groups in total. The third-order valence-corrected chi connectivity index (χ3v) is 6.99. The van der Waals surface area contributed by atoms with Gasteiger partial charge in [-0.1, -0.05) is 60.7 Å². The molecule has 0 fully saturated rings. The first-order valence-electron chi connectivity index (χ1n) is 9.69. The summed E-state index contributed by atoms with van der Waals surface area (Å²) in [7, 11) is 0. The van der Waals surface area contributed by atoms with Crippen molar-refractivity contribution in [2.45, 2.75) is 9.79 Å². The highest BCUT2D eigenvalue weighted by molar-refractivity contribution is 8.16. The molecule has 0 aliphatic rings. The van der Waals surface area contributed by atoms with E-state index in [2.05, 4.69) is 59.4 Å². The van der Waals surface area contributed by atoms with Crippen molar-refractivity contribution in [1.82, 2.24) is 0 Å². The topological polar surface area (TPSA) is 28.1 Å². The maximum atomic E-state index is 8.92. The van der Waals surface area contributed by atoms with Gasteiger partial charge in [0.2, 0.25) is 0 Å². The van der Waals surface area contributed by atoms with Gasteiger partial charge in [-0.25, -0.2) is 4.85 Å². The second kappa shape index (κ2) is 10.0. The summed E-state index contributed by atoms with van der Waals surface area (Å²) in [6, 6.07) is 34.6. The van der Waals surface area contributed by atoms with E-state index in [9.17, 15) is 0 Å². The lowest BCUT2D eigenvalue weighted by Gasteiger charge is -2.06. The Morgan fingerprint density at radius 3 is 1.39 bits per heavy atom. The molecule has 0 aromatic heterocycles. The summed E-state index contributed by atoms with van der Waals surface area (Å²) in [5.74, 6) is 0. The van der Waals surface area contributed by atoms with Crippen molar-refractivity contribution in [2.75, 3.05) is 5.08 Å². The highest BCUT2D eigenvalue weighted by atomic mass is 32.2. The number of rotatable bonds is 6. The highest BCUT2D eigenvalue weighted by Gasteiger charge is 2.02. The summed E-state index contributed by atoms with van der Waals surface area (Å²) < 4.78 is 0. The Morgan fingerprint density at radius 2 is 1.00 bits per heavy atom. The van der Waals surface area contributed by atoms with Gasteiger partial charge >= 0.3 is 0 Å². The van der Waals surface area contributed by atoms with Crippen LogP contribution in [-0.4, -0.2) is 5.08 Å². The Balaban J connectivity index is 1.31. The fourth-order valence-corrected chi connectivity index (χ4v) is 5.10. The third kappa shape index (κ3) is 5.38. The van der Waals surface area contributed by atoms with Gasteiger partial charge in [-0.2, -0.15) is 5.26 Å². The molecule has 2 nitrogen and oxygen atoms in total. The summed E-state index contributed by atoms with van der Waals surface area (Å²) in [4.78, 5) is 5.91. The molecule has 0 heterocycles. The molecule has 0 amide bonds. The minimum absolute atomic E-state index is 0.665. The first-order chi connectivity index (χ1) is 15.2. The average Bonchev–Trinajstić information content (AvgIpc) is 2.85. The zero-order chi connectivity index (χ0) is 21.5. The van der Waals surface area contributed by atoms with Gasteiger partial charge in [0.1, 0.15) is 0 Å². The molecule has 0 radical (unpaired) electrons. The van der Waals surface area contributed by atoms with Gasteiger partial charge in [0.05, 0.1) is 18.2 Å². The first kappa shape index (κ1) is 20.8. The molecule has 0 unspecified atom stereocenters. The molecule has 31 heavy (non-hydrogen) atoms. The Kier molecular flexibility index (Phi) is 6.75.